The van der Waals surface area contributed by atoms with Crippen LogP contribution in [0.5, 0.6) is 0 Å². The lowest BCUT2D eigenvalue weighted by molar-refractivity contribution is 0.0773. The summed E-state index contributed by atoms with van der Waals surface area (Å²) in [7, 11) is -3.84. The fourth-order valence-corrected chi connectivity index (χ4v) is 4.63. The number of nitrogens with zero attached hydrogens (tertiary/aromatic N) is 2. The number of halogens is 1. The van der Waals surface area contributed by atoms with Crippen LogP contribution in [0.25, 0.3) is 0 Å². The smallest absolute Gasteiger partial charge is 0.261 e. The summed E-state index contributed by atoms with van der Waals surface area (Å²) in [5.41, 5.74) is 1.60. The molecule has 162 valence electrons. The van der Waals surface area contributed by atoms with Crippen LogP contribution in [0.1, 0.15) is 24.2 Å². The van der Waals surface area contributed by atoms with Gasteiger partial charge in [0.05, 0.1) is 16.3 Å². The minimum atomic E-state index is -3.84. The zero-order valence-electron chi connectivity index (χ0n) is 17.2. The van der Waals surface area contributed by atoms with E-state index in [4.69, 9.17) is 11.6 Å². The Kier molecular flexibility index (Phi) is 7.23. The van der Waals surface area contributed by atoms with Gasteiger partial charge in [-0.2, -0.15) is 0 Å². The minimum Gasteiger partial charge on any atom is -0.367 e. The molecule has 1 aliphatic rings. The molecular weight excluding hydrogens is 424 g/mol. The summed E-state index contributed by atoms with van der Waals surface area (Å²) in [6, 6.07) is 11.2. The second-order valence-corrected chi connectivity index (χ2v) is 9.12. The average molecular weight is 451 g/mol. The number of piperazine rings is 1. The Bertz CT molecular complexity index is 986. The van der Waals surface area contributed by atoms with Crippen LogP contribution in [0.15, 0.2) is 47.4 Å². The van der Waals surface area contributed by atoms with Gasteiger partial charge in [0.2, 0.25) is 0 Å². The zero-order chi connectivity index (χ0) is 21.7. The van der Waals surface area contributed by atoms with Crippen LogP contribution < -0.4 is 14.9 Å². The molecule has 0 saturated carbocycles. The Morgan fingerprint density at radius 3 is 2.33 bits per heavy atom. The number of benzene rings is 2. The summed E-state index contributed by atoms with van der Waals surface area (Å²) < 4.78 is 28.7. The molecule has 3 rings (SSSR count). The Morgan fingerprint density at radius 1 is 1.10 bits per heavy atom. The van der Waals surface area contributed by atoms with Crippen molar-refractivity contribution >= 4 is 38.9 Å². The summed E-state index contributed by atoms with van der Waals surface area (Å²) in [6.07, 6.45) is 0. The lowest BCUT2D eigenvalue weighted by atomic mass is 10.1. The second-order valence-electron chi connectivity index (χ2n) is 7.01. The van der Waals surface area contributed by atoms with E-state index in [1.807, 2.05) is 19.9 Å². The highest BCUT2D eigenvalue weighted by Crippen LogP contribution is 2.30. The van der Waals surface area contributed by atoms with Gasteiger partial charge in [-0.3, -0.25) is 9.52 Å². The van der Waals surface area contributed by atoms with Crippen molar-refractivity contribution in [2.75, 3.05) is 48.9 Å². The molecule has 0 bridgehead atoms. The first-order chi connectivity index (χ1) is 14.4. The van der Waals surface area contributed by atoms with E-state index in [0.717, 1.165) is 31.9 Å². The fraction of sp³-hybridized carbons (Fsp3) is 0.381. The van der Waals surface area contributed by atoms with Crippen molar-refractivity contribution in [3.05, 3.63) is 53.1 Å². The van der Waals surface area contributed by atoms with E-state index in [2.05, 4.69) is 14.9 Å². The molecular formula is C21H27ClN4O3S. The van der Waals surface area contributed by atoms with Gasteiger partial charge in [-0.25, -0.2) is 8.42 Å². The molecule has 2 N–H and O–H groups in total. The van der Waals surface area contributed by atoms with E-state index in [-0.39, 0.29) is 10.8 Å². The van der Waals surface area contributed by atoms with E-state index in [1.165, 1.54) is 24.3 Å². The number of hydrogen-bond donors (Lipinski definition) is 2. The van der Waals surface area contributed by atoms with Gasteiger partial charge < -0.3 is 15.1 Å². The lowest BCUT2D eigenvalue weighted by Crippen LogP contribution is -2.43. The molecule has 2 aromatic rings. The first kappa shape index (κ1) is 22.4. The SMILES string of the molecule is CCN(CC)C(=O)c1ccc(N2CCNCC2)c(NS(=O)(=O)c2ccc(Cl)cc2)c1. The van der Waals surface area contributed by atoms with Crippen LogP contribution in [0.3, 0.4) is 0 Å². The third-order valence-electron chi connectivity index (χ3n) is 5.12. The molecule has 1 heterocycles. The van der Waals surface area contributed by atoms with Gasteiger partial charge in [0.1, 0.15) is 0 Å². The second kappa shape index (κ2) is 9.68. The third kappa shape index (κ3) is 5.06. The van der Waals surface area contributed by atoms with Crippen LogP contribution in [0.4, 0.5) is 11.4 Å². The molecule has 7 nitrogen and oxygen atoms in total. The molecule has 0 aliphatic carbocycles. The highest BCUT2D eigenvalue weighted by Gasteiger charge is 2.22. The van der Waals surface area contributed by atoms with E-state index in [1.54, 1.807) is 17.0 Å². The number of nitrogens with one attached hydrogen (secondary N) is 2. The Balaban J connectivity index is 2.00. The molecule has 9 heteroatoms. The molecule has 1 fully saturated rings. The van der Waals surface area contributed by atoms with Crippen molar-refractivity contribution in [3.63, 3.8) is 0 Å². The fourth-order valence-electron chi connectivity index (χ4n) is 3.44. The van der Waals surface area contributed by atoms with Crippen molar-refractivity contribution < 1.29 is 13.2 Å². The standard InChI is InChI=1S/C21H27ClN4O3S/c1-3-25(4-2)21(27)16-5-10-20(26-13-11-23-12-14-26)19(15-16)24-30(28,29)18-8-6-17(22)7-9-18/h5-10,15,23-24H,3-4,11-14H2,1-2H3. The van der Waals surface area contributed by atoms with Gasteiger partial charge >= 0.3 is 0 Å². The van der Waals surface area contributed by atoms with Gasteiger partial charge in [0, 0.05) is 49.9 Å². The molecule has 2 aromatic carbocycles. The van der Waals surface area contributed by atoms with Gasteiger partial charge in [-0.15, -0.1) is 0 Å². The molecule has 1 saturated heterocycles. The predicted molar refractivity (Wildman–Crippen MR) is 121 cm³/mol. The normalized spacial score (nSPS) is 14.4. The number of sulfonamides is 1. The van der Waals surface area contributed by atoms with Crippen molar-refractivity contribution in [1.29, 1.82) is 0 Å². The number of carbonyl (C=O) groups is 1. The monoisotopic (exact) mass is 450 g/mol. The first-order valence-corrected chi connectivity index (χ1v) is 11.9. The van der Waals surface area contributed by atoms with Crippen LogP contribution in [-0.2, 0) is 10.0 Å². The van der Waals surface area contributed by atoms with Crippen molar-refractivity contribution in [1.82, 2.24) is 10.2 Å². The largest absolute Gasteiger partial charge is 0.367 e. The summed E-state index contributed by atoms with van der Waals surface area (Å²) in [5, 5.41) is 3.75. The number of rotatable bonds is 7. The van der Waals surface area contributed by atoms with Crippen LogP contribution in [-0.4, -0.2) is 58.5 Å². The number of hydrogen-bond acceptors (Lipinski definition) is 5. The molecule has 0 radical (unpaired) electrons. The molecule has 0 unspecified atom stereocenters. The Hall–Kier alpha value is -2.29. The number of anilines is 2. The van der Waals surface area contributed by atoms with Crippen molar-refractivity contribution in [2.45, 2.75) is 18.7 Å². The third-order valence-corrected chi connectivity index (χ3v) is 6.75. The minimum absolute atomic E-state index is 0.110. The quantitative estimate of drug-likeness (QED) is 0.677. The molecule has 1 amide bonds. The topological polar surface area (TPSA) is 81.8 Å². The maximum atomic E-state index is 13.0. The molecule has 30 heavy (non-hydrogen) atoms. The van der Waals surface area contributed by atoms with Gasteiger partial charge in [-0.1, -0.05) is 11.6 Å². The first-order valence-electron chi connectivity index (χ1n) is 10.0. The molecule has 0 aromatic heterocycles. The van der Waals surface area contributed by atoms with Crippen molar-refractivity contribution in [3.8, 4) is 0 Å². The zero-order valence-corrected chi connectivity index (χ0v) is 18.8. The van der Waals surface area contributed by atoms with Gasteiger partial charge in [0.15, 0.2) is 0 Å². The van der Waals surface area contributed by atoms with Crippen LogP contribution >= 0.6 is 11.6 Å². The molecule has 0 atom stereocenters. The predicted octanol–water partition coefficient (Wildman–Crippen LogP) is 3.03. The van der Waals surface area contributed by atoms with Crippen LogP contribution in [0, 0.1) is 0 Å². The Morgan fingerprint density at radius 2 is 1.73 bits per heavy atom. The van der Waals surface area contributed by atoms with Gasteiger partial charge in [-0.05, 0) is 56.3 Å². The highest BCUT2D eigenvalue weighted by atomic mass is 35.5. The molecule has 0 spiro atoms. The highest BCUT2D eigenvalue weighted by molar-refractivity contribution is 7.92. The molecule has 1 aliphatic heterocycles. The summed E-state index contributed by atoms with van der Waals surface area (Å²) in [6.45, 7) is 8.12. The number of amides is 1. The summed E-state index contributed by atoms with van der Waals surface area (Å²) in [5.74, 6) is -0.126. The average Bonchev–Trinajstić information content (AvgIpc) is 2.75. The van der Waals surface area contributed by atoms with E-state index in [9.17, 15) is 13.2 Å². The van der Waals surface area contributed by atoms with E-state index < -0.39 is 10.0 Å². The lowest BCUT2D eigenvalue weighted by Gasteiger charge is -2.31. The van der Waals surface area contributed by atoms with Crippen LogP contribution in [0.2, 0.25) is 5.02 Å². The maximum absolute atomic E-state index is 13.0. The Labute approximate surface area is 183 Å². The number of carbonyl (C=O) groups excluding carboxylic acids is 1. The maximum Gasteiger partial charge on any atom is 0.261 e. The van der Waals surface area contributed by atoms with Crippen molar-refractivity contribution in [2.24, 2.45) is 0 Å². The van der Waals surface area contributed by atoms with E-state index in [0.29, 0.717) is 29.4 Å². The summed E-state index contributed by atoms with van der Waals surface area (Å²) in [4.78, 5) is 16.8. The summed E-state index contributed by atoms with van der Waals surface area (Å²) >= 11 is 5.89. The van der Waals surface area contributed by atoms with E-state index >= 15 is 0 Å². The van der Waals surface area contributed by atoms with Gasteiger partial charge in [0.25, 0.3) is 15.9 Å².